The minimum absolute atomic E-state index is 0.0188. The first-order chi connectivity index (χ1) is 18.5. The quantitative estimate of drug-likeness (QED) is 0.318. The molecule has 216 valence electrons. The summed E-state index contributed by atoms with van der Waals surface area (Å²) in [5, 5.41) is 22.8. The Morgan fingerprint density at radius 1 is 1.05 bits per heavy atom. The van der Waals surface area contributed by atoms with Crippen LogP contribution in [0.4, 0.5) is 0 Å². The summed E-state index contributed by atoms with van der Waals surface area (Å²) in [6.45, 7) is 13.2. The number of fused-ring (bicyclic) bond motifs is 2. The van der Waals surface area contributed by atoms with E-state index in [0.717, 1.165) is 0 Å². The largest absolute Gasteiger partial charge is 0.462 e. The van der Waals surface area contributed by atoms with E-state index in [4.69, 9.17) is 14.2 Å². The number of hydrogen-bond acceptors (Lipinski definition) is 9. The van der Waals surface area contributed by atoms with Crippen LogP contribution in [-0.2, 0) is 28.6 Å². The first-order valence-electron chi connectivity index (χ1n) is 13.5. The van der Waals surface area contributed by atoms with Crippen LogP contribution >= 0.6 is 0 Å². The molecule has 2 N–H and O–H groups in total. The van der Waals surface area contributed by atoms with Gasteiger partial charge in [0.1, 0.15) is 6.10 Å². The van der Waals surface area contributed by atoms with Crippen LogP contribution in [0.15, 0.2) is 53.6 Å². The van der Waals surface area contributed by atoms with Crippen molar-refractivity contribution in [3.63, 3.8) is 0 Å². The summed E-state index contributed by atoms with van der Waals surface area (Å²) in [4.78, 5) is 51.9. The fourth-order valence-corrected chi connectivity index (χ4v) is 7.12. The highest BCUT2D eigenvalue weighted by molar-refractivity contribution is 6.00. The lowest BCUT2D eigenvalue weighted by atomic mass is 9.56. The van der Waals surface area contributed by atoms with Crippen LogP contribution in [-0.4, -0.2) is 63.9 Å². The van der Waals surface area contributed by atoms with E-state index in [9.17, 15) is 29.4 Å². The number of ketones is 1. The van der Waals surface area contributed by atoms with Gasteiger partial charge in [-0.15, -0.1) is 0 Å². The molecule has 0 aromatic heterocycles. The lowest BCUT2D eigenvalue weighted by molar-refractivity contribution is -0.195. The van der Waals surface area contributed by atoms with E-state index in [0.29, 0.717) is 16.7 Å². The van der Waals surface area contributed by atoms with Crippen molar-refractivity contribution in [1.29, 1.82) is 0 Å². The summed E-state index contributed by atoms with van der Waals surface area (Å²) in [6.07, 6.45) is -4.59. The molecule has 7 atom stereocenters. The minimum Gasteiger partial charge on any atom is -0.462 e. The molecule has 0 unspecified atom stereocenters. The Hall–Kier alpha value is -3.30. The van der Waals surface area contributed by atoms with Gasteiger partial charge >= 0.3 is 17.9 Å². The molecule has 0 heterocycles. The lowest BCUT2D eigenvalue weighted by Crippen LogP contribution is -2.60. The van der Waals surface area contributed by atoms with E-state index >= 15 is 0 Å². The molecule has 0 amide bonds. The Kier molecular flexibility index (Phi) is 7.62. The SMILES string of the molecule is C=C1[C@H]2C[C@]3(C(C)(C)O)CC(=O)C(C)=C3[C@@H](OC(=O)c3ccccc3)[C@H](OC(C)=O)[C@]2(C)[C@@H](OC(C)=O)C[C@@H]1O. The molecule has 4 rings (SSSR count). The second-order valence-electron chi connectivity index (χ2n) is 12.0. The Morgan fingerprint density at radius 2 is 1.65 bits per heavy atom. The molecule has 0 saturated heterocycles. The third-order valence-corrected chi connectivity index (χ3v) is 9.30. The fraction of sp³-hybridized carbons (Fsp3) is 0.548. The van der Waals surface area contributed by atoms with Crippen molar-refractivity contribution in [3.8, 4) is 0 Å². The van der Waals surface area contributed by atoms with Gasteiger partial charge < -0.3 is 24.4 Å². The topological polar surface area (TPSA) is 136 Å². The molecule has 0 spiro atoms. The Morgan fingerprint density at radius 3 is 2.20 bits per heavy atom. The lowest BCUT2D eigenvalue weighted by Gasteiger charge is -2.53. The summed E-state index contributed by atoms with van der Waals surface area (Å²) in [5.41, 5.74) is -2.73. The number of Topliss-reactive ketones (excluding diaryl/α,β-unsaturated/α-hetero) is 1. The molecule has 9 heteroatoms. The summed E-state index contributed by atoms with van der Waals surface area (Å²) >= 11 is 0. The molecule has 2 saturated carbocycles. The number of ether oxygens (including phenoxy) is 3. The highest BCUT2D eigenvalue weighted by Gasteiger charge is 2.68. The van der Waals surface area contributed by atoms with Crippen LogP contribution < -0.4 is 0 Å². The number of allylic oxidation sites excluding steroid dienone is 1. The number of aliphatic hydroxyl groups excluding tert-OH is 1. The molecule has 0 aliphatic heterocycles. The highest BCUT2D eigenvalue weighted by Crippen LogP contribution is 2.64. The van der Waals surface area contributed by atoms with E-state index in [1.54, 1.807) is 58.0 Å². The Bertz CT molecular complexity index is 1270. The smallest absolute Gasteiger partial charge is 0.338 e. The van der Waals surface area contributed by atoms with E-state index < -0.39 is 64.7 Å². The zero-order valence-corrected chi connectivity index (χ0v) is 23.9. The molecular formula is C31H38O9. The number of hydrogen-bond donors (Lipinski definition) is 2. The van der Waals surface area contributed by atoms with Gasteiger partial charge in [0.25, 0.3) is 0 Å². The van der Waals surface area contributed by atoms with Gasteiger partial charge in [-0.25, -0.2) is 4.79 Å². The van der Waals surface area contributed by atoms with Gasteiger partial charge in [-0.05, 0) is 62.0 Å². The first-order valence-corrected chi connectivity index (χ1v) is 13.5. The van der Waals surface area contributed by atoms with Gasteiger partial charge in [0.2, 0.25) is 0 Å². The maximum Gasteiger partial charge on any atom is 0.338 e. The number of carbonyl (C=O) groups excluding carboxylic acids is 4. The van der Waals surface area contributed by atoms with Crippen molar-refractivity contribution in [2.75, 3.05) is 0 Å². The first kappa shape index (κ1) is 29.7. The summed E-state index contributed by atoms with van der Waals surface area (Å²) in [7, 11) is 0. The van der Waals surface area contributed by atoms with E-state index in [1.807, 2.05) is 0 Å². The van der Waals surface area contributed by atoms with Crippen molar-refractivity contribution in [2.24, 2.45) is 16.7 Å². The molecule has 1 aromatic rings. The second kappa shape index (κ2) is 10.3. The Balaban J connectivity index is 2.05. The van der Waals surface area contributed by atoms with Gasteiger partial charge in [0.05, 0.1) is 22.7 Å². The van der Waals surface area contributed by atoms with Crippen LogP contribution in [0.5, 0.6) is 0 Å². The Labute approximate surface area is 234 Å². The van der Waals surface area contributed by atoms with Crippen molar-refractivity contribution in [3.05, 3.63) is 59.2 Å². The number of esters is 3. The third-order valence-electron chi connectivity index (χ3n) is 9.30. The van der Waals surface area contributed by atoms with Crippen LogP contribution in [0, 0.1) is 16.7 Å². The van der Waals surface area contributed by atoms with E-state index in [-0.39, 0.29) is 30.6 Å². The normalized spacial score (nSPS) is 34.0. The molecule has 1 aromatic carbocycles. The van der Waals surface area contributed by atoms with Crippen molar-refractivity contribution >= 4 is 23.7 Å². The molecule has 3 aliphatic carbocycles. The maximum atomic E-state index is 13.6. The van der Waals surface area contributed by atoms with Crippen LogP contribution in [0.25, 0.3) is 0 Å². The third kappa shape index (κ3) is 4.69. The molecule has 0 radical (unpaired) electrons. The van der Waals surface area contributed by atoms with Gasteiger partial charge in [0, 0.05) is 32.1 Å². The maximum absolute atomic E-state index is 13.6. The van der Waals surface area contributed by atoms with Gasteiger partial charge in [-0.3, -0.25) is 14.4 Å². The molecule has 2 fully saturated rings. The van der Waals surface area contributed by atoms with Crippen molar-refractivity contribution in [1.82, 2.24) is 0 Å². The summed E-state index contributed by atoms with van der Waals surface area (Å²) < 4.78 is 17.9. The molecular weight excluding hydrogens is 516 g/mol. The number of carbonyl (C=O) groups is 4. The summed E-state index contributed by atoms with van der Waals surface area (Å²) in [6, 6.07) is 8.27. The average molecular weight is 555 g/mol. The van der Waals surface area contributed by atoms with Gasteiger partial charge in [0.15, 0.2) is 18.0 Å². The molecule has 9 nitrogen and oxygen atoms in total. The van der Waals surface area contributed by atoms with Crippen LogP contribution in [0.2, 0.25) is 0 Å². The van der Waals surface area contributed by atoms with Crippen molar-refractivity contribution in [2.45, 2.75) is 90.8 Å². The molecule has 0 bridgehead atoms. The monoisotopic (exact) mass is 554 g/mol. The predicted molar refractivity (Wildman–Crippen MR) is 144 cm³/mol. The van der Waals surface area contributed by atoms with Crippen molar-refractivity contribution < 1.29 is 43.6 Å². The van der Waals surface area contributed by atoms with Crippen LogP contribution in [0.1, 0.15) is 71.2 Å². The number of aliphatic hydroxyl groups is 2. The van der Waals surface area contributed by atoms with E-state index in [2.05, 4.69) is 6.58 Å². The molecule has 40 heavy (non-hydrogen) atoms. The van der Waals surface area contributed by atoms with Crippen LogP contribution in [0.3, 0.4) is 0 Å². The average Bonchev–Trinajstić information content (AvgIpc) is 3.07. The second-order valence-corrected chi connectivity index (χ2v) is 12.0. The number of rotatable bonds is 5. The molecule has 3 aliphatic rings. The summed E-state index contributed by atoms with van der Waals surface area (Å²) in [5.74, 6) is -2.93. The van der Waals surface area contributed by atoms with Gasteiger partial charge in [-0.1, -0.05) is 31.7 Å². The van der Waals surface area contributed by atoms with E-state index in [1.165, 1.54) is 13.8 Å². The standard InChI is InChI=1S/C31H38O9/c1-16-21-14-31(29(5,6)37)15-23(35)17(2)25(31)26(40-28(36)20-11-9-8-10-12-20)27(39-19(4)33)30(21,7)24(13-22(16)34)38-18(3)32/h8-12,21-22,24,26-27,34,37H,1,13-15H2,2-7H3/t21-,22+,24+,26-,27+,30+,31+/m1/s1. The zero-order chi connectivity index (χ0) is 29.8. The highest BCUT2D eigenvalue weighted by atomic mass is 16.6. The van der Waals surface area contributed by atoms with Gasteiger partial charge in [-0.2, -0.15) is 0 Å². The number of benzene rings is 1. The zero-order valence-electron chi connectivity index (χ0n) is 23.9. The fourth-order valence-electron chi connectivity index (χ4n) is 7.12. The predicted octanol–water partition coefficient (Wildman–Crippen LogP) is 3.47. The minimum atomic E-state index is -1.52.